The van der Waals surface area contributed by atoms with Crippen LogP contribution in [0.25, 0.3) is 0 Å². The molecule has 2 amide bonds. The molecule has 0 radical (unpaired) electrons. The number of urea groups is 1. The highest BCUT2D eigenvalue weighted by atomic mass is 35.5. The summed E-state index contributed by atoms with van der Waals surface area (Å²) in [5.74, 6) is 0.416. The fourth-order valence-corrected chi connectivity index (χ4v) is 1.66. The Morgan fingerprint density at radius 1 is 1.44 bits per heavy atom. The van der Waals surface area contributed by atoms with Gasteiger partial charge in [0.05, 0.1) is 10.7 Å². The SMILES string of the molecule is CCNC(=NC)NC(=O)Nc1c(C)cccc1Cl. The van der Waals surface area contributed by atoms with Crippen LogP contribution in [0.2, 0.25) is 5.02 Å². The van der Waals surface area contributed by atoms with Crippen molar-refractivity contribution in [1.29, 1.82) is 0 Å². The summed E-state index contributed by atoms with van der Waals surface area (Å²) in [6.07, 6.45) is 0. The fraction of sp³-hybridized carbons (Fsp3) is 0.333. The number of carbonyl (C=O) groups excluding carboxylic acids is 1. The summed E-state index contributed by atoms with van der Waals surface area (Å²) in [6.45, 7) is 4.47. The molecular weight excluding hydrogens is 252 g/mol. The highest BCUT2D eigenvalue weighted by Crippen LogP contribution is 2.24. The van der Waals surface area contributed by atoms with Gasteiger partial charge in [0.25, 0.3) is 0 Å². The Balaban J connectivity index is 2.71. The molecule has 0 heterocycles. The second kappa shape index (κ2) is 6.86. The molecule has 0 aliphatic carbocycles. The number of aliphatic imine (C=N–C) groups is 1. The van der Waals surface area contributed by atoms with E-state index in [1.54, 1.807) is 13.1 Å². The zero-order chi connectivity index (χ0) is 13.5. The molecule has 0 saturated heterocycles. The third-order valence-electron chi connectivity index (χ3n) is 2.26. The summed E-state index contributed by atoms with van der Waals surface area (Å²) >= 11 is 6.02. The Hall–Kier alpha value is -1.75. The Bertz CT molecular complexity index is 439. The molecule has 1 rings (SSSR count). The quantitative estimate of drug-likeness (QED) is 0.569. The van der Waals surface area contributed by atoms with E-state index in [1.807, 2.05) is 26.0 Å². The van der Waals surface area contributed by atoms with Gasteiger partial charge in [0.2, 0.25) is 0 Å². The summed E-state index contributed by atoms with van der Waals surface area (Å²) in [7, 11) is 1.60. The Labute approximate surface area is 112 Å². The van der Waals surface area contributed by atoms with Gasteiger partial charge in [-0.15, -0.1) is 0 Å². The van der Waals surface area contributed by atoms with Gasteiger partial charge in [-0.2, -0.15) is 0 Å². The number of amides is 2. The van der Waals surface area contributed by atoms with Gasteiger partial charge in [0, 0.05) is 13.6 Å². The molecule has 0 spiro atoms. The second-order valence-electron chi connectivity index (χ2n) is 3.61. The van der Waals surface area contributed by atoms with Crippen LogP contribution in [-0.2, 0) is 0 Å². The number of carbonyl (C=O) groups is 1. The molecule has 0 bridgehead atoms. The van der Waals surface area contributed by atoms with E-state index in [0.717, 1.165) is 5.56 Å². The van der Waals surface area contributed by atoms with Gasteiger partial charge in [-0.05, 0) is 25.5 Å². The van der Waals surface area contributed by atoms with Gasteiger partial charge >= 0.3 is 6.03 Å². The summed E-state index contributed by atoms with van der Waals surface area (Å²) in [4.78, 5) is 15.7. The summed E-state index contributed by atoms with van der Waals surface area (Å²) < 4.78 is 0. The fourth-order valence-electron chi connectivity index (χ4n) is 1.39. The number of guanidine groups is 1. The van der Waals surface area contributed by atoms with Crippen molar-refractivity contribution in [3.8, 4) is 0 Å². The molecule has 0 aliphatic heterocycles. The normalized spacial score (nSPS) is 11.0. The van der Waals surface area contributed by atoms with Crippen LogP contribution in [0.15, 0.2) is 23.2 Å². The first-order valence-corrected chi connectivity index (χ1v) is 6.00. The van der Waals surface area contributed by atoms with Gasteiger partial charge < -0.3 is 10.6 Å². The average Bonchev–Trinajstić information content (AvgIpc) is 2.33. The maximum atomic E-state index is 11.8. The van der Waals surface area contributed by atoms with Crippen LogP contribution in [0.3, 0.4) is 0 Å². The van der Waals surface area contributed by atoms with Crippen LogP contribution >= 0.6 is 11.6 Å². The number of nitrogens with zero attached hydrogens (tertiary/aromatic N) is 1. The third kappa shape index (κ3) is 3.92. The Morgan fingerprint density at radius 2 is 2.17 bits per heavy atom. The van der Waals surface area contributed by atoms with Gasteiger partial charge in [-0.3, -0.25) is 10.3 Å². The Morgan fingerprint density at radius 3 is 2.72 bits per heavy atom. The first-order valence-electron chi connectivity index (χ1n) is 5.62. The van der Waals surface area contributed by atoms with Crippen LogP contribution in [0, 0.1) is 6.92 Å². The smallest absolute Gasteiger partial charge is 0.326 e. The summed E-state index contributed by atoms with van der Waals surface area (Å²) in [5, 5.41) is 8.73. The molecule has 0 saturated carbocycles. The largest absolute Gasteiger partial charge is 0.356 e. The lowest BCUT2D eigenvalue weighted by atomic mass is 10.2. The van der Waals surface area contributed by atoms with Crippen LogP contribution < -0.4 is 16.0 Å². The summed E-state index contributed by atoms with van der Waals surface area (Å²) in [6, 6.07) is 5.05. The van der Waals surface area contributed by atoms with Crippen LogP contribution in [0.1, 0.15) is 12.5 Å². The average molecular weight is 269 g/mol. The van der Waals surface area contributed by atoms with E-state index < -0.39 is 0 Å². The molecule has 0 aliphatic rings. The Kier molecular flexibility index (Phi) is 5.45. The number of anilines is 1. The minimum atomic E-state index is -0.382. The predicted molar refractivity (Wildman–Crippen MR) is 75.4 cm³/mol. The van der Waals surface area contributed by atoms with Crippen molar-refractivity contribution in [3.05, 3.63) is 28.8 Å². The van der Waals surface area contributed by atoms with Gasteiger partial charge in [-0.25, -0.2) is 4.79 Å². The highest BCUT2D eigenvalue weighted by Gasteiger charge is 2.09. The lowest BCUT2D eigenvalue weighted by molar-refractivity contribution is 0.256. The van der Waals surface area contributed by atoms with Crippen molar-refractivity contribution in [3.63, 3.8) is 0 Å². The van der Waals surface area contributed by atoms with Gasteiger partial charge in [-0.1, -0.05) is 23.7 Å². The van der Waals surface area contributed by atoms with Crippen LogP contribution in [-0.4, -0.2) is 25.6 Å². The van der Waals surface area contributed by atoms with E-state index in [-0.39, 0.29) is 6.03 Å². The van der Waals surface area contributed by atoms with Crippen molar-refractivity contribution in [2.45, 2.75) is 13.8 Å². The molecule has 0 fully saturated rings. The highest BCUT2D eigenvalue weighted by molar-refractivity contribution is 6.34. The first kappa shape index (κ1) is 14.3. The number of hydrogen-bond acceptors (Lipinski definition) is 2. The topological polar surface area (TPSA) is 65.5 Å². The second-order valence-corrected chi connectivity index (χ2v) is 4.02. The van der Waals surface area contributed by atoms with Crippen LogP contribution in [0.5, 0.6) is 0 Å². The molecule has 3 N–H and O–H groups in total. The standard InChI is InChI=1S/C12H17ClN4O/c1-4-15-11(14-3)17-12(18)16-10-8(2)6-5-7-9(10)13/h5-7H,4H2,1-3H3,(H3,14,15,16,17,18). The number of para-hydroxylation sites is 1. The van der Waals surface area contributed by atoms with Gasteiger partial charge in [0.1, 0.15) is 0 Å². The van der Waals surface area contributed by atoms with E-state index in [9.17, 15) is 4.79 Å². The zero-order valence-corrected chi connectivity index (χ0v) is 11.4. The minimum absolute atomic E-state index is 0.382. The van der Waals surface area contributed by atoms with Crippen molar-refractivity contribution in [2.75, 3.05) is 18.9 Å². The number of halogens is 1. The molecule has 0 aromatic heterocycles. The van der Waals surface area contributed by atoms with Crippen LogP contribution in [0.4, 0.5) is 10.5 Å². The molecule has 0 unspecified atom stereocenters. The van der Waals surface area contributed by atoms with E-state index >= 15 is 0 Å². The van der Waals surface area contributed by atoms with E-state index in [4.69, 9.17) is 11.6 Å². The molecule has 0 atom stereocenters. The molecule has 6 heteroatoms. The molecule has 18 heavy (non-hydrogen) atoms. The monoisotopic (exact) mass is 268 g/mol. The number of rotatable bonds is 2. The van der Waals surface area contributed by atoms with Crippen molar-refractivity contribution < 1.29 is 4.79 Å². The number of hydrogen-bond donors (Lipinski definition) is 3. The van der Waals surface area contributed by atoms with Gasteiger partial charge in [0.15, 0.2) is 5.96 Å². The predicted octanol–water partition coefficient (Wildman–Crippen LogP) is 2.37. The van der Waals surface area contributed by atoms with Crippen molar-refractivity contribution in [2.24, 2.45) is 4.99 Å². The molecule has 98 valence electrons. The lowest BCUT2D eigenvalue weighted by Gasteiger charge is -2.12. The number of benzene rings is 1. The first-order chi connectivity index (χ1) is 8.58. The molecule has 1 aromatic rings. The van der Waals surface area contributed by atoms with E-state index in [1.165, 1.54) is 0 Å². The minimum Gasteiger partial charge on any atom is -0.356 e. The van der Waals surface area contributed by atoms with E-state index in [0.29, 0.717) is 23.2 Å². The zero-order valence-electron chi connectivity index (χ0n) is 10.7. The molecular formula is C12H17ClN4O. The maximum absolute atomic E-state index is 11.8. The van der Waals surface area contributed by atoms with E-state index in [2.05, 4.69) is 20.9 Å². The number of nitrogens with one attached hydrogen (secondary N) is 3. The van der Waals surface area contributed by atoms with Crippen molar-refractivity contribution >= 4 is 29.3 Å². The summed E-state index contributed by atoms with van der Waals surface area (Å²) in [5.41, 5.74) is 1.50. The lowest BCUT2D eigenvalue weighted by Crippen LogP contribution is -2.43. The third-order valence-corrected chi connectivity index (χ3v) is 2.58. The molecule has 1 aromatic carbocycles. The van der Waals surface area contributed by atoms with Crippen molar-refractivity contribution in [1.82, 2.24) is 10.6 Å². The number of aryl methyl sites for hydroxylation is 1. The molecule has 5 nitrogen and oxygen atoms in total. The maximum Gasteiger partial charge on any atom is 0.326 e.